The van der Waals surface area contributed by atoms with Crippen molar-refractivity contribution >= 4 is 5.91 Å². The van der Waals surface area contributed by atoms with Crippen LogP contribution in [0.5, 0.6) is 0 Å². The van der Waals surface area contributed by atoms with Crippen molar-refractivity contribution in [3.63, 3.8) is 0 Å². The number of carbonyl (C=O) groups excluding carboxylic acids is 1. The number of hydrogen-bond donors (Lipinski definition) is 2. The first kappa shape index (κ1) is 12.0. The molecule has 2 N–H and O–H groups in total. The van der Waals surface area contributed by atoms with Gasteiger partial charge in [0.25, 0.3) is 5.91 Å². The van der Waals surface area contributed by atoms with E-state index >= 15 is 0 Å². The lowest BCUT2D eigenvalue weighted by Crippen LogP contribution is -2.52. The van der Waals surface area contributed by atoms with Crippen molar-refractivity contribution in [3.8, 4) is 0 Å². The molecule has 1 saturated carbocycles. The molecule has 1 aromatic rings. The predicted molar refractivity (Wildman–Crippen MR) is 62.4 cm³/mol. The van der Waals surface area contributed by atoms with Crippen LogP contribution in [0.1, 0.15) is 42.6 Å². The van der Waals surface area contributed by atoms with Gasteiger partial charge in [-0.15, -0.1) is 0 Å². The highest BCUT2D eigenvalue weighted by Crippen LogP contribution is 2.27. The topological polar surface area (TPSA) is 75.1 Å². The molecule has 0 bridgehead atoms. The summed E-state index contributed by atoms with van der Waals surface area (Å²) in [4.78, 5) is 19.8. The average molecular weight is 235 g/mol. The molecule has 1 aliphatic rings. The molecular formula is C12H17N3O2. The highest BCUT2D eigenvalue weighted by molar-refractivity contribution is 5.92. The minimum absolute atomic E-state index is 0.0149. The molecule has 1 amide bonds. The number of aromatic nitrogens is 2. The predicted octanol–water partition coefficient (Wildman–Crippen LogP) is 0.902. The number of aliphatic hydroxyl groups excluding tert-OH is 1. The van der Waals surface area contributed by atoms with Gasteiger partial charge in [-0.25, -0.2) is 4.98 Å². The normalized spacial score (nSPS) is 18.6. The SMILES string of the molecule is O=C(NC1(CO)CCCCC1)c1cnccn1. The van der Waals surface area contributed by atoms with E-state index in [-0.39, 0.29) is 12.5 Å². The molecule has 1 fully saturated rings. The van der Waals surface area contributed by atoms with Crippen LogP contribution in [0.25, 0.3) is 0 Å². The van der Waals surface area contributed by atoms with Crippen molar-refractivity contribution in [2.45, 2.75) is 37.6 Å². The monoisotopic (exact) mass is 235 g/mol. The van der Waals surface area contributed by atoms with Crippen molar-refractivity contribution < 1.29 is 9.90 Å². The van der Waals surface area contributed by atoms with Crippen molar-refractivity contribution in [2.24, 2.45) is 0 Å². The summed E-state index contributed by atoms with van der Waals surface area (Å²) in [6.07, 6.45) is 9.36. The number of hydrogen-bond acceptors (Lipinski definition) is 4. The summed E-state index contributed by atoms with van der Waals surface area (Å²) in [7, 11) is 0. The van der Waals surface area contributed by atoms with Gasteiger partial charge in [-0.2, -0.15) is 0 Å². The zero-order valence-corrected chi connectivity index (χ0v) is 9.72. The van der Waals surface area contributed by atoms with Crippen LogP contribution in [0.4, 0.5) is 0 Å². The fourth-order valence-electron chi connectivity index (χ4n) is 2.27. The maximum atomic E-state index is 12.0. The van der Waals surface area contributed by atoms with E-state index in [0.29, 0.717) is 5.69 Å². The molecule has 0 radical (unpaired) electrons. The Labute approximate surface area is 100 Å². The molecule has 1 aliphatic carbocycles. The van der Waals surface area contributed by atoms with E-state index in [2.05, 4.69) is 15.3 Å². The van der Waals surface area contributed by atoms with Crippen LogP contribution in [0.15, 0.2) is 18.6 Å². The maximum Gasteiger partial charge on any atom is 0.271 e. The van der Waals surface area contributed by atoms with Gasteiger partial charge in [0.15, 0.2) is 0 Å². The number of carbonyl (C=O) groups is 1. The van der Waals surface area contributed by atoms with Gasteiger partial charge in [-0.05, 0) is 12.8 Å². The van der Waals surface area contributed by atoms with Gasteiger partial charge >= 0.3 is 0 Å². The van der Waals surface area contributed by atoms with Crippen molar-refractivity contribution in [3.05, 3.63) is 24.3 Å². The van der Waals surface area contributed by atoms with Crippen LogP contribution in [0, 0.1) is 0 Å². The lowest BCUT2D eigenvalue weighted by atomic mass is 9.82. The van der Waals surface area contributed by atoms with Crippen LogP contribution in [0.3, 0.4) is 0 Å². The fraction of sp³-hybridized carbons (Fsp3) is 0.583. The van der Waals surface area contributed by atoms with E-state index in [1.165, 1.54) is 25.0 Å². The van der Waals surface area contributed by atoms with Crippen LogP contribution >= 0.6 is 0 Å². The Morgan fingerprint density at radius 1 is 1.35 bits per heavy atom. The Balaban J connectivity index is 2.06. The van der Waals surface area contributed by atoms with Crippen molar-refractivity contribution in [1.29, 1.82) is 0 Å². The van der Waals surface area contributed by atoms with Crippen LogP contribution in [-0.2, 0) is 0 Å². The molecule has 5 heteroatoms. The largest absolute Gasteiger partial charge is 0.394 e. The van der Waals surface area contributed by atoms with Gasteiger partial charge < -0.3 is 10.4 Å². The Hall–Kier alpha value is -1.49. The third-order valence-electron chi connectivity index (χ3n) is 3.29. The smallest absolute Gasteiger partial charge is 0.271 e. The molecule has 0 unspecified atom stereocenters. The van der Waals surface area contributed by atoms with Crippen LogP contribution in [-0.4, -0.2) is 33.1 Å². The first-order valence-corrected chi connectivity index (χ1v) is 5.95. The number of nitrogens with one attached hydrogen (secondary N) is 1. The fourth-order valence-corrected chi connectivity index (χ4v) is 2.27. The van der Waals surface area contributed by atoms with Gasteiger partial charge in [-0.1, -0.05) is 19.3 Å². The number of nitrogens with zero attached hydrogens (tertiary/aromatic N) is 2. The number of amides is 1. The second kappa shape index (κ2) is 5.23. The molecule has 0 aromatic carbocycles. The van der Waals surface area contributed by atoms with Crippen LogP contribution < -0.4 is 5.32 Å². The Bertz CT molecular complexity index is 375. The van der Waals surface area contributed by atoms with Gasteiger partial charge in [-0.3, -0.25) is 9.78 Å². The summed E-state index contributed by atoms with van der Waals surface area (Å²) < 4.78 is 0. The molecule has 0 spiro atoms. The quantitative estimate of drug-likeness (QED) is 0.816. The minimum atomic E-state index is -0.465. The second-order valence-electron chi connectivity index (χ2n) is 4.54. The molecule has 0 aliphatic heterocycles. The summed E-state index contributed by atoms with van der Waals surface area (Å²) in [6, 6.07) is 0. The van der Waals surface area contributed by atoms with Gasteiger partial charge in [0.1, 0.15) is 5.69 Å². The Morgan fingerprint density at radius 3 is 2.71 bits per heavy atom. The molecular weight excluding hydrogens is 218 g/mol. The summed E-state index contributed by atoms with van der Waals surface area (Å²) >= 11 is 0. The summed E-state index contributed by atoms with van der Waals surface area (Å²) in [5.41, 5.74) is -0.168. The van der Waals surface area contributed by atoms with Gasteiger partial charge in [0.05, 0.1) is 18.3 Å². The van der Waals surface area contributed by atoms with E-state index in [1.54, 1.807) is 0 Å². The molecule has 1 heterocycles. The zero-order valence-electron chi connectivity index (χ0n) is 9.72. The van der Waals surface area contributed by atoms with E-state index in [1.807, 2.05) is 0 Å². The highest BCUT2D eigenvalue weighted by atomic mass is 16.3. The van der Waals surface area contributed by atoms with E-state index in [0.717, 1.165) is 25.7 Å². The lowest BCUT2D eigenvalue weighted by molar-refractivity contribution is 0.0753. The number of rotatable bonds is 3. The highest BCUT2D eigenvalue weighted by Gasteiger charge is 2.33. The molecule has 17 heavy (non-hydrogen) atoms. The maximum absolute atomic E-state index is 12.0. The van der Waals surface area contributed by atoms with E-state index in [4.69, 9.17) is 0 Å². The Morgan fingerprint density at radius 2 is 2.12 bits per heavy atom. The second-order valence-corrected chi connectivity index (χ2v) is 4.54. The van der Waals surface area contributed by atoms with Crippen molar-refractivity contribution in [1.82, 2.24) is 15.3 Å². The third-order valence-corrected chi connectivity index (χ3v) is 3.29. The molecule has 92 valence electrons. The molecule has 0 atom stereocenters. The summed E-state index contributed by atoms with van der Waals surface area (Å²) in [5, 5.41) is 12.4. The van der Waals surface area contributed by atoms with Crippen molar-refractivity contribution in [2.75, 3.05) is 6.61 Å². The standard InChI is InChI=1S/C12H17N3O2/c16-9-12(4-2-1-3-5-12)15-11(17)10-8-13-6-7-14-10/h6-8,16H,1-5,9H2,(H,15,17). The third kappa shape index (κ3) is 2.79. The first-order valence-electron chi connectivity index (χ1n) is 5.95. The van der Waals surface area contributed by atoms with Crippen LogP contribution in [0.2, 0.25) is 0 Å². The van der Waals surface area contributed by atoms with E-state index in [9.17, 15) is 9.90 Å². The molecule has 5 nitrogen and oxygen atoms in total. The zero-order chi connectivity index (χ0) is 12.1. The number of aliphatic hydroxyl groups is 1. The Kier molecular flexibility index (Phi) is 3.68. The van der Waals surface area contributed by atoms with Gasteiger partial charge in [0, 0.05) is 12.4 Å². The molecule has 2 rings (SSSR count). The lowest BCUT2D eigenvalue weighted by Gasteiger charge is -2.36. The summed E-state index contributed by atoms with van der Waals surface area (Å²) in [5.74, 6) is -0.256. The molecule has 0 saturated heterocycles. The van der Waals surface area contributed by atoms with Gasteiger partial charge in [0.2, 0.25) is 0 Å². The first-order chi connectivity index (χ1) is 8.26. The molecule has 1 aromatic heterocycles. The minimum Gasteiger partial charge on any atom is -0.394 e. The average Bonchev–Trinajstić information content (AvgIpc) is 2.41. The van der Waals surface area contributed by atoms with E-state index < -0.39 is 5.54 Å². The summed E-state index contributed by atoms with van der Waals surface area (Å²) in [6.45, 7) is -0.0149.